The zero-order valence-electron chi connectivity index (χ0n) is 11.8. The molecule has 0 bridgehead atoms. The van der Waals surface area contributed by atoms with Crippen molar-refractivity contribution >= 4 is 23.0 Å². The topological polar surface area (TPSA) is 51.2 Å². The lowest BCUT2D eigenvalue weighted by Crippen LogP contribution is -2.12. The molecule has 0 fully saturated rings. The van der Waals surface area contributed by atoms with Crippen LogP contribution < -0.4 is 5.32 Å². The van der Waals surface area contributed by atoms with Gasteiger partial charge in [0.25, 0.3) is 0 Å². The predicted octanol–water partition coefficient (Wildman–Crippen LogP) is 3.80. The Labute approximate surface area is 122 Å². The summed E-state index contributed by atoms with van der Waals surface area (Å²) in [6.45, 7) is 6.17. The normalized spacial score (nSPS) is 11.9. The van der Waals surface area contributed by atoms with Crippen molar-refractivity contribution in [3.05, 3.63) is 45.9 Å². The SMILES string of the molecule is CCOC(=O)c1ccccc1NC(C)c1csc(C)n1. The van der Waals surface area contributed by atoms with Gasteiger partial charge in [-0.25, -0.2) is 9.78 Å². The number of rotatable bonds is 5. The van der Waals surface area contributed by atoms with Gasteiger partial charge in [-0.2, -0.15) is 0 Å². The van der Waals surface area contributed by atoms with Crippen molar-refractivity contribution in [2.45, 2.75) is 26.8 Å². The van der Waals surface area contributed by atoms with Crippen LogP contribution in [0.15, 0.2) is 29.6 Å². The zero-order valence-corrected chi connectivity index (χ0v) is 12.7. The van der Waals surface area contributed by atoms with Crippen LogP contribution in [0.3, 0.4) is 0 Å². The summed E-state index contributed by atoms with van der Waals surface area (Å²) in [5, 5.41) is 6.39. The van der Waals surface area contributed by atoms with Gasteiger partial charge in [0.05, 0.1) is 28.9 Å². The molecular formula is C15H18N2O2S. The van der Waals surface area contributed by atoms with E-state index >= 15 is 0 Å². The highest BCUT2D eigenvalue weighted by Gasteiger charge is 2.15. The first-order valence-corrected chi connectivity index (χ1v) is 7.44. The second-order valence-corrected chi connectivity index (χ2v) is 5.49. The first kappa shape index (κ1) is 14.5. The van der Waals surface area contributed by atoms with Gasteiger partial charge in [0.15, 0.2) is 0 Å². The lowest BCUT2D eigenvalue weighted by Gasteiger charge is -2.16. The van der Waals surface area contributed by atoms with E-state index in [1.165, 1.54) is 0 Å². The van der Waals surface area contributed by atoms with Gasteiger partial charge in [0.2, 0.25) is 0 Å². The Morgan fingerprint density at radius 2 is 2.20 bits per heavy atom. The maximum Gasteiger partial charge on any atom is 0.340 e. The van der Waals surface area contributed by atoms with Crippen LogP contribution in [0.1, 0.15) is 40.9 Å². The molecule has 1 atom stereocenters. The lowest BCUT2D eigenvalue weighted by atomic mass is 10.1. The van der Waals surface area contributed by atoms with Gasteiger partial charge < -0.3 is 10.1 Å². The monoisotopic (exact) mass is 290 g/mol. The van der Waals surface area contributed by atoms with Crippen LogP contribution in [-0.2, 0) is 4.74 Å². The Kier molecular flexibility index (Phi) is 4.74. The maximum absolute atomic E-state index is 11.9. The average Bonchev–Trinajstić information content (AvgIpc) is 2.86. The predicted molar refractivity (Wildman–Crippen MR) is 81.3 cm³/mol. The highest BCUT2D eigenvalue weighted by Crippen LogP contribution is 2.24. The fourth-order valence-corrected chi connectivity index (χ4v) is 2.59. The highest BCUT2D eigenvalue weighted by atomic mass is 32.1. The summed E-state index contributed by atoms with van der Waals surface area (Å²) in [7, 11) is 0. The molecule has 0 amide bonds. The molecule has 2 rings (SSSR count). The smallest absolute Gasteiger partial charge is 0.340 e. The first-order valence-electron chi connectivity index (χ1n) is 6.56. The van der Waals surface area contributed by atoms with Crippen LogP contribution in [0, 0.1) is 6.92 Å². The molecular weight excluding hydrogens is 272 g/mol. The van der Waals surface area contributed by atoms with E-state index in [0.717, 1.165) is 16.4 Å². The standard InChI is InChI=1S/C15H18N2O2S/c1-4-19-15(18)12-7-5-6-8-13(12)16-10(2)14-9-20-11(3)17-14/h5-10,16H,4H2,1-3H3. The Bertz CT molecular complexity index is 595. The summed E-state index contributed by atoms with van der Waals surface area (Å²) in [6.07, 6.45) is 0. The summed E-state index contributed by atoms with van der Waals surface area (Å²) >= 11 is 1.62. The molecule has 0 saturated carbocycles. The first-order chi connectivity index (χ1) is 9.61. The summed E-state index contributed by atoms with van der Waals surface area (Å²) in [5.74, 6) is -0.308. The van der Waals surface area contributed by atoms with E-state index in [-0.39, 0.29) is 12.0 Å². The van der Waals surface area contributed by atoms with Gasteiger partial charge in [-0.15, -0.1) is 11.3 Å². The quantitative estimate of drug-likeness (QED) is 0.851. The number of esters is 1. The third kappa shape index (κ3) is 3.36. The van der Waals surface area contributed by atoms with E-state index in [4.69, 9.17) is 4.74 Å². The molecule has 1 aromatic heterocycles. The highest BCUT2D eigenvalue weighted by molar-refractivity contribution is 7.09. The van der Waals surface area contributed by atoms with Gasteiger partial charge in [-0.3, -0.25) is 0 Å². The largest absolute Gasteiger partial charge is 0.462 e. The molecule has 20 heavy (non-hydrogen) atoms. The number of nitrogens with zero attached hydrogens (tertiary/aromatic N) is 1. The number of carbonyl (C=O) groups excluding carboxylic acids is 1. The van der Waals surface area contributed by atoms with Crippen molar-refractivity contribution in [2.75, 3.05) is 11.9 Å². The molecule has 0 saturated heterocycles. The number of thiazole rings is 1. The Hall–Kier alpha value is -1.88. The van der Waals surface area contributed by atoms with E-state index in [1.807, 2.05) is 37.4 Å². The number of nitrogens with one attached hydrogen (secondary N) is 1. The fraction of sp³-hybridized carbons (Fsp3) is 0.333. The number of hydrogen-bond donors (Lipinski definition) is 1. The number of carbonyl (C=O) groups is 1. The van der Waals surface area contributed by atoms with Crippen molar-refractivity contribution in [2.24, 2.45) is 0 Å². The molecule has 106 valence electrons. The molecule has 1 aromatic carbocycles. The number of benzene rings is 1. The van der Waals surface area contributed by atoms with Crippen molar-refractivity contribution in [1.29, 1.82) is 0 Å². The molecule has 0 aliphatic carbocycles. The van der Waals surface area contributed by atoms with E-state index in [1.54, 1.807) is 24.3 Å². The second kappa shape index (κ2) is 6.52. The molecule has 0 radical (unpaired) electrons. The minimum Gasteiger partial charge on any atom is -0.462 e. The molecule has 1 heterocycles. The van der Waals surface area contributed by atoms with Crippen LogP contribution in [0.2, 0.25) is 0 Å². The Morgan fingerprint density at radius 3 is 2.85 bits per heavy atom. The number of aromatic nitrogens is 1. The van der Waals surface area contributed by atoms with E-state index in [9.17, 15) is 4.79 Å². The minimum atomic E-state index is -0.308. The van der Waals surface area contributed by atoms with Gasteiger partial charge in [-0.05, 0) is 32.9 Å². The fourth-order valence-electron chi connectivity index (χ4n) is 1.88. The lowest BCUT2D eigenvalue weighted by molar-refractivity contribution is 0.0527. The number of para-hydroxylation sites is 1. The van der Waals surface area contributed by atoms with Crippen LogP contribution in [0.5, 0.6) is 0 Å². The van der Waals surface area contributed by atoms with Crippen LogP contribution in [0.4, 0.5) is 5.69 Å². The summed E-state index contributed by atoms with van der Waals surface area (Å²) in [4.78, 5) is 16.4. The molecule has 0 spiro atoms. The second-order valence-electron chi connectivity index (χ2n) is 4.42. The van der Waals surface area contributed by atoms with Crippen LogP contribution >= 0.6 is 11.3 Å². The molecule has 0 aliphatic heterocycles. The van der Waals surface area contributed by atoms with Crippen molar-refractivity contribution < 1.29 is 9.53 Å². The third-order valence-corrected chi connectivity index (χ3v) is 3.67. The molecule has 2 aromatic rings. The number of ether oxygens (including phenoxy) is 1. The zero-order chi connectivity index (χ0) is 14.5. The van der Waals surface area contributed by atoms with Crippen LogP contribution in [0.25, 0.3) is 0 Å². The molecule has 5 heteroatoms. The maximum atomic E-state index is 11.9. The van der Waals surface area contributed by atoms with Gasteiger partial charge in [0.1, 0.15) is 0 Å². The molecule has 1 N–H and O–H groups in total. The molecule has 4 nitrogen and oxygen atoms in total. The molecule has 1 unspecified atom stereocenters. The number of anilines is 1. The van der Waals surface area contributed by atoms with E-state index < -0.39 is 0 Å². The number of hydrogen-bond acceptors (Lipinski definition) is 5. The van der Waals surface area contributed by atoms with E-state index in [0.29, 0.717) is 12.2 Å². The van der Waals surface area contributed by atoms with Crippen molar-refractivity contribution in [3.8, 4) is 0 Å². The number of aryl methyl sites for hydroxylation is 1. The minimum absolute atomic E-state index is 0.0375. The van der Waals surface area contributed by atoms with Gasteiger partial charge in [-0.1, -0.05) is 12.1 Å². The summed E-state index contributed by atoms with van der Waals surface area (Å²) in [5.41, 5.74) is 2.29. The van der Waals surface area contributed by atoms with Gasteiger partial charge >= 0.3 is 5.97 Å². The van der Waals surface area contributed by atoms with Gasteiger partial charge in [0, 0.05) is 11.1 Å². The Balaban J connectivity index is 2.18. The Morgan fingerprint density at radius 1 is 1.45 bits per heavy atom. The molecule has 0 aliphatic rings. The third-order valence-electron chi connectivity index (χ3n) is 2.87. The summed E-state index contributed by atoms with van der Waals surface area (Å²) < 4.78 is 5.07. The van der Waals surface area contributed by atoms with Crippen molar-refractivity contribution in [1.82, 2.24) is 4.98 Å². The average molecular weight is 290 g/mol. The van der Waals surface area contributed by atoms with Crippen molar-refractivity contribution in [3.63, 3.8) is 0 Å². The summed E-state index contributed by atoms with van der Waals surface area (Å²) in [6, 6.07) is 7.40. The van der Waals surface area contributed by atoms with Crippen LogP contribution in [-0.4, -0.2) is 17.6 Å². The van der Waals surface area contributed by atoms with E-state index in [2.05, 4.69) is 10.3 Å².